The molecule has 130 valence electrons. The normalized spacial score (nSPS) is 18.6. The van der Waals surface area contributed by atoms with Gasteiger partial charge in [-0.3, -0.25) is 14.4 Å². The minimum Gasteiger partial charge on any atom is -0.480 e. The van der Waals surface area contributed by atoms with Gasteiger partial charge in [0.15, 0.2) is 0 Å². The Balaban J connectivity index is 1.43. The van der Waals surface area contributed by atoms with Crippen LogP contribution in [-0.2, 0) is 17.9 Å². The van der Waals surface area contributed by atoms with Gasteiger partial charge in [-0.05, 0) is 43.0 Å². The molecule has 1 unspecified atom stereocenters. The molecule has 1 aromatic carbocycles. The Labute approximate surface area is 146 Å². The van der Waals surface area contributed by atoms with Gasteiger partial charge in [-0.1, -0.05) is 18.2 Å². The highest BCUT2D eigenvalue weighted by Gasteiger charge is 2.23. The average Bonchev–Trinajstić information content (AvgIpc) is 3.20. The third-order valence-corrected chi connectivity index (χ3v) is 4.86. The molecule has 2 aromatic heterocycles. The van der Waals surface area contributed by atoms with Crippen LogP contribution < -0.4 is 0 Å². The lowest BCUT2D eigenvalue weighted by Gasteiger charge is -2.31. The highest BCUT2D eigenvalue weighted by Crippen LogP contribution is 2.27. The molecule has 1 atom stereocenters. The summed E-state index contributed by atoms with van der Waals surface area (Å²) in [5.41, 5.74) is 3.42. The molecule has 0 saturated carbocycles. The number of carbonyl (C=O) groups is 1. The summed E-state index contributed by atoms with van der Waals surface area (Å²) in [5, 5.41) is 14.6. The maximum Gasteiger partial charge on any atom is 0.325 e. The van der Waals surface area contributed by atoms with Crippen molar-refractivity contribution in [1.29, 1.82) is 0 Å². The van der Waals surface area contributed by atoms with Gasteiger partial charge in [0.25, 0.3) is 0 Å². The molecule has 25 heavy (non-hydrogen) atoms. The van der Waals surface area contributed by atoms with Crippen LogP contribution in [0.15, 0.2) is 42.6 Å². The van der Waals surface area contributed by atoms with E-state index in [1.54, 1.807) is 6.20 Å². The minimum atomic E-state index is -0.862. The number of H-pyrrole nitrogens is 1. The van der Waals surface area contributed by atoms with Crippen molar-refractivity contribution in [3.8, 4) is 0 Å². The van der Waals surface area contributed by atoms with Crippen molar-refractivity contribution < 1.29 is 9.90 Å². The number of carboxylic acids is 1. The van der Waals surface area contributed by atoms with Crippen molar-refractivity contribution in [1.82, 2.24) is 19.7 Å². The van der Waals surface area contributed by atoms with Gasteiger partial charge in [0, 0.05) is 36.4 Å². The lowest BCUT2D eigenvalue weighted by Crippen LogP contribution is -2.34. The van der Waals surface area contributed by atoms with Gasteiger partial charge in [0.05, 0.1) is 5.69 Å². The monoisotopic (exact) mass is 338 g/mol. The molecule has 0 bridgehead atoms. The van der Waals surface area contributed by atoms with Crippen LogP contribution >= 0.6 is 0 Å². The Morgan fingerprint density at radius 1 is 1.32 bits per heavy atom. The van der Waals surface area contributed by atoms with Crippen molar-refractivity contribution in [3.05, 3.63) is 54.0 Å². The van der Waals surface area contributed by atoms with Crippen LogP contribution in [0.25, 0.3) is 10.9 Å². The summed E-state index contributed by atoms with van der Waals surface area (Å²) in [4.78, 5) is 16.8. The molecule has 3 aromatic rings. The second-order valence-electron chi connectivity index (χ2n) is 6.79. The van der Waals surface area contributed by atoms with Gasteiger partial charge >= 0.3 is 5.97 Å². The van der Waals surface area contributed by atoms with E-state index in [2.05, 4.69) is 39.2 Å². The van der Waals surface area contributed by atoms with Crippen LogP contribution in [0.1, 0.15) is 30.1 Å². The second-order valence-corrected chi connectivity index (χ2v) is 6.79. The summed E-state index contributed by atoms with van der Waals surface area (Å²) in [5.74, 6) is -0.494. The van der Waals surface area contributed by atoms with Crippen LogP contribution in [0.4, 0.5) is 0 Å². The summed E-state index contributed by atoms with van der Waals surface area (Å²) in [6.45, 7) is 2.87. The third kappa shape index (κ3) is 3.58. The summed E-state index contributed by atoms with van der Waals surface area (Å²) >= 11 is 0. The zero-order valence-corrected chi connectivity index (χ0v) is 14.1. The smallest absolute Gasteiger partial charge is 0.325 e. The van der Waals surface area contributed by atoms with Gasteiger partial charge in [-0.25, -0.2) is 0 Å². The van der Waals surface area contributed by atoms with Gasteiger partial charge in [-0.15, -0.1) is 0 Å². The fourth-order valence-corrected chi connectivity index (χ4v) is 3.72. The highest BCUT2D eigenvalue weighted by molar-refractivity contribution is 5.80. The number of nitrogens with one attached hydrogen (secondary N) is 1. The number of hydrogen-bond donors (Lipinski definition) is 2. The highest BCUT2D eigenvalue weighted by atomic mass is 16.4. The Morgan fingerprint density at radius 3 is 3.04 bits per heavy atom. The first-order chi connectivity index (χ1) is 12.2. The zero-order chi connectivity index (χ0) is 17.2. The molecule has 0 spiro atoms. The SMILES string of the molecule is O=C(O)Cn1ccc(C2CCCN(Cc3cc4ccccc4[nH]3)C2)n1. The number of nitrogens with zero attached hydrogens (tertiary/aromatic N) is 3. The van der Waals surface area contributed by atoms with Crippen molar-refractivity contribution in [2.24, 2.45) is 0 Å². The number of benzene rings is 1. The van der Waals surface area contributed by atoms with E-state index in [1.807, 2.05) is 12.1 Å². The average molecular weight is 338 g/mol. The summed E-state index contributed by atoms with van der Waals surface area (Å²) in [6.07, 6.45) is 4.00. The van der Waals surface area contributed by atoms with Crippen LogP contribution in [0, 0.1) is 0 Å². The fraction of sp³-hybridized carbons (Fsp3) is 0.368. The number of rotatable bonds is 5. The number of aromatic amines is 1. The van der Waals surface area contributed by atoms with E-state index in [0.29, 0.717) is 5.92 Å². The van der Waals surface area contributed by atoms with E-state index in [-0.39, 0.29) is 6.54 Å². The molecule has 6 heteroatoms. The van der Waals surface area contributed by atoms with Crippen molar-refractivity contribution >= 4 is 16.9 Å². The minimum absolute atomic E-state index is 0.0779. The van der Waals surface area contributed by atoms with E-state index in [9.17, 15) is 4.79 Å². The van der Waals surface area contributed by atoms with Crippen molar-refractivity contribution in [2.75, 3.05) is 13.1 Å². The number of aliphatic carboxylic acids is 1. The molecule has 6 nitrogen and oxygen atoms in total. The Kier molecular flexibility index (Phi) is 4.28. The zero-order valence-electron chi connectivity index (χ0n) is 14.1. The van der Waals surface area contributed by atoms with Gasteiger partial charge in [0.1, 0.15) is 6.54 Å². The van der Waals surface area contributed by atoms with E-state index < -0.39 is 5.97 Å². The molecule has 1 aliphatic heterocycles. The first kappa shape index (κ1) is 15.9. The standard InChI is InChI=1S/C19H22N4O2/c24-19(25)13-23-9-7-18(21-23)15-5-3-8-22(11-15)12-16-10-14-4-1-2-6-17(14)20-16/h1-2,4,6-7,9-10,15,20H,3,5,8,11-13H2,(H,24,25). The van der Waals surface area contributed by atoms with Crippen molar-refractivity contribution in [3.63, 3.8) is 0 Å². The largest absolute Gasteiger partial charge is 0.480 e. The summed E-state index contributed by atoms with van der Waals surface area (Å²) < 4.78 is 1.51. The Hall–Kier alpha value is -2.60. The van der Waals surface area contributed by atoms with Gasteiger partial charge in [-0.2, -0.15) is 5.10 Å². The predicted octanol–water partition coefficient (Wildman–Crippen LogP) is 2.83. The van der Waals surface area contributed by atoms with Crippen LogP contribution in [0.5, 0.6) is 0 Å². The number of piperidine rings is 1. The maximum absolute atomic E-state index is 10.8. The summed E-state index contributed by atoms with van der Waals surface area (Å²) in [7, 11) is 0. The molecule has 1 aliphatic rings. The van der Waals surface area contributed by atoms with E-state index >= 15 is 0 Å². The quantitative estimate of drug-likeness (QED) is 0.750. The number of aromatic nitrogens is 3. The molecule has 1 fully saturated rings. The molecular formula is C19H22N4O2. The Bertz CT molecular complexity index is 849. The van der Waals surface area contributed by atoms with Crippen LogP contribution in [-0.4, -0.2) is 43.8 Å². The lowest BCUT2D eigenvalue weighted by molar-refractivity contribution is -0.137. The number of carboxylic acid groups (broad SMARTS) is 1. The van der Waals surface area contributed by atoms with Crippen LogP contribution in [0.3, 0.4) is 0 Å². The molecule has 0 amide bonds. The predicted molar refractivity (Wildman–Crippen MR) is 95.4 cm³/mol. The molecule has 2 N–H and O–H groups in total. The molecule has 4 rings (SSSR count). The third-order valence-electron chi connectivity index (χ3n) is 4.86. The van der Waals surface area contributed by atoms with E-state index in [4.69, 9.17) is 5.11 Å². The Morgan fingerprint density at radius 2 is 2.20 bits per heavy atom. The van der Waals surface area contributed by atoms with Crippen LogP contribution in [0.2, 0.25) is 0 Å². The van der Waals surface area contributed by atoms with Gasteiger partial charge in [0.2, 0.25) is 0 Å². The molecular weight excluding hydrogens is 316 g/mol. The molecule has 0 aliphatic carbocycles. The molecule has 1 saturated heterocycles. The second kappa shape index (κ2) is 6.72. The first-order valence-corrected chi connectivity index (χ1v) is 8.71. The lowest BCUT2D eigenvalue weighted by atomic mass is 9.95. The number of fused-ring (bicyclic) bond motifs is 1. The molecule has 0 radical (unpaired) electrons. The number of likely N-dealkylation sites (tertiary alicyclic amines) is 1. The first-order valence-electron chi connectivity index (χ1n) is 8.71. The topological polar surface area (TPSA) is 74.2 Å². The summed E-state index contributed by atoms with van der Waals surface area (Å²) in [6, 6.07) is 12.5. The van der Waals surface area contributed by atoms with Crippen molar-refractivity contribution in [2.45, 2.75) is 31.8 Å². The van der Waals surface area contributed by atoms with E-state index in [0.717, 1.165) is 38.2 Å². The molecule has 3 heterocycles. The van der Waals surface area contributed by atoms with Gasteiger partial charge < -0.3 is 10.1 Å². The van der Waals surface area contributed by atoms with E-state index in [1.165, 1.54) is 21.3 Å². The fourth-order valence-electron chi connectivity index (χ4n) is 3.72. The number of para-hydroxylation sites is 1. The number of hydrogen-bond acceptors (Lipinski definition) is 3. The maximum atomic E-state index is 10.8.